The first-order chi connectivity index (χ1) is 13.2. The summed E-state index contributed by atoms with van der Waals surface area (Å²) in [7, 11) is 0. The number of ether oxygens (including phenoxy) is 1. The van der Waals surface area contributed by atoms with Crippen LogP contribution in [0.2, 0.25) is 0 Å². The molecule has 0 bridgehead atoms. The molecular weight excluding hydrogens is 343 g/mol. The van der Waals surface area contributed by atoms with E-state index in [2.05, 4.69) is 4.98 Å². The Labute approximate surface area is 157 Å². The van der Waals surface area contributed by atoms with Gasteiger partial charge in [-0.2, -0.15) is 0 Å². The molecule has 3 aromatic rings. The Bertz CT molecular complexity index is 929. The molecule has 0 aliphatic carbocycles. The zero-order valence-corrected chi connectivity index (χ0v) is 15.0. The Morgan fingerprint density at radius 3 is 2.59 bits per heavy atom. The third-order valence-corrected chi connectivity index (χ3v) is 4.95. The van der Waals surface area contributed by atoms with Gasteiger partial charge < -0.3 is 9.64 Å². The normalized spacial score (nSPS) is 15.1. The van der Waals surface area contributed by atoms with Crippen LogP contribution in [0.4, 0.5) is 4.39 Å². The molecule has 0 atom stereocenters. The van der Waals surface area contributed by atoms with Gasteiger partial charge in [-0.05, 0) is 29.8 Å². The van der Waals surface area contributed by atoms with E-state index in [4.69, 9.17) is 4.74 Å². The number of carbonyl (C=O) groups is 1. The van der Waals surface area contributed by atoms with Crippen LogP contribution in [0.5, 0.6) is 5.75 Å². The molecule has 138 valence electrons. The number of rotatable bonds is 4. The van der Waals surface area contributed by atoms with E-state index in [0.717, 1.165) is 35.1 Å². The lowest BCUT2D eigenvalue weighted by Crippen LogP contribution is -2.42. The summed E-state index contributed by atoms with van der Waals surface area (Å²) >= 11 is 0. The third kappa shape index (κ3) is 4.08. The van der Waals surface area contributed by atoms with E-state index >= 15 is 0 Å². The van der Waals surface area contributed by atoms with Crippen molar-refractivity contribution >= 4 is 16.8 Å². The van der Waals surface area contributed by atoms with E-state index in [1.807, 2.05) is 35.2 Å². The smallest absolute Gasteiger partial charge is 0.226 e. The molecular formula is C22H21FN2O2. The lowest BCUT2D eigenvalue weighted by molar-refractivity contribution is -0.132. The average molecular weight is 364 g/mol. The molecule has 1 amide bonds. The number of halogens is 1. The van der Waals surface area contributed by atoms with Crippen molar-refractivity contribution in [2.24, 2.45) is 0 Å². The summed E-state index contributed by atoms with van der Waals surface area (Å²) in [5.74, 6) is 0.586. The Balaban J connectivity index is 1.34. The second-order valence-electron chi connectivity index (χ2n) is 6.83. The van der Waals surface area contributed by atoms with Gasteiger partial charge >= 0.3 is 0 Å². The van der Waals surface area contributed by atoms with Crippen molar-refractivity contribution in [2.45, 2.75) is 25.4 Å². The molecule has 1 aromatic heterocycles. The zero-order valence-electron chi connectivity index (χ0n) is 15.0. The second kappa shape index (κ2) is 7.74. The maximum atomic E-state index is 13.0. The van der Waals surface area contributed by atoms with Gasteiger partial charge in [-0.3, -0.25) is 9.78 Å². The number of piperidine rings is 1. The summed E-state index contributed by atoms with van der Waals surface area (Å²) in [5.41, 5.74) is 1.71. The molecule has 2 heterocycles. The van der Waals surface area contributed by atoms with Gasteiger partial charge in [0.25, 0.3) is 0 Å². The zero-order chi connectivity index (χ0) is 18.6. The van der Waals surface area contributed by atoms with Gasteiger partial charge in [-0.1, -0.05) is 30.3 Å². The topological polar surface area (TPSA) is 42.4 Å². The Morgan fingerprint density at radius 2 is 1.81 bits per heavy atom. The number of hydrogen-bond donors (Lipinski definition) is 0. The summed E-state index contributed by atoms with van der Waals surface area (Å²) < 4.78 is 19.2. The predicted octanol–water partition coefficient (Wildman–Crippen LogP) is 3.99. The number of carbonyl (C=O) groups excluding carboxylic acids is 1. The minimum atomic E-state index is -0.285. The minimum absolute atomic E-state index is 0.0758. The largest absolute Gasteiger partial charge is 0.488 e. The maximum absolute atomic E-state index is 13.0. The van der Waals surface area contributed by atoms with E-state index in [1.165, 1.54) is 12.1 Å². The standard InChI is InChI=1S/C22H21FN2O2/c23-18-8-6-16(7-9-18)15-21(26)25-13-10-19(11-14-25)27-20-5-1-3-17-4-2-12-24-22(17)20/h1-9,12,19H,10-11,13-15H2. The van der Waals surface area contributed by atoms with Gasteiger partial charge in [-0.15, -0.1) is 0 Å². The van der Waals surface area contributed by atoms with E-state index in [1.54, 1.807) is 18.3 Å². The molecule has 5 heteroatoms. The molecule has 0 spiro atoms. The summed E-state index contributed by atoms with van der Waals surface area (Å²) in [5, 5.41) is 1.06. The molecule has 1 saturated heterocycles. The highest BCUT2D eigenvalue weighted by molar-refractivity contribution is 5.84. The molecule has 27 heavy (non-hydrogen) atoms. The van der Waals surface area contributed by atoms with Crippen LogP contribution in [0, 0.1) is 5.82 Å². The fourth-order valence-electron chi connectivity index (χ4n) is 3.46. The number of fused-ring (bicyclic) bond motifs is 1. The van der Waals surface area contributed by atoms with Crippen LogP contribution in [0.25, 0.3) is 10.9 Å². The maximum Gasteiger partial charge on any atom is 0.226 e. The van der Waals surface area contributed by atoms with Crippen LogP contribution in [0.1, 0.15) is 18.4 Å². The van der Waals surface area contributed by atoms with Crippen molar-refractivity contribution in [1.82, 2.24) is 9.88 Å². The van der Waals surface area contributed by atoms with Crippen LogP contribution in [-0.2, 0) is 11.2 Å². The van der Waals surface area contributed by atoms with Crippen LogP contribution in [0.15, 0.2) is 60.8 Å². The summed E-state index contributed by atoms with van der Waals surface area (Å²) in [6.45, 7) is 1.34. The molecule has 0 saturated carbocycles. The molecule has 2 aromatic carbocycles. The Kier molecular flexibility index (Phi) is 5.01. The fourth-order valence-corrected chi connectivity index (χ4v) is 3.46. The first kappa shape index (κ1) is 17.5. The molecule has 0 radical (unpaired) electrons. The van der Waals surface area contributed by atoms with Gasteiger partial charge in [0.15, 0.2) is 0 Å². The van der Waals surface area contributed by atoms with Crippen LogP contribution < -0.4 is 4.74 Å². The number of pyridine rings is 1. The summed E-state index contributed by atoms with van der Waals surface area (Å²) in [6.07, 6.45) is 3.73. The second-order valence-corrected chi connectivity index (χ2v) is 6.83. The van der Waals surface area contributed by atoms with Gasteiger partial charge in [0.1, 0.15) is 23.2 Å². The number of para-hydroxylation sites is 1. The molecule has 4 nitrogen and oxygen atoms in total. The molecule has 4 rings (SSSR count). The lowest BCUT2D eigenvalue weighted by atomic mass is 10.1. The summed E-state index contributed by atoms with van der Waals surface area (Å²) in [4.78, 5) is 18.8. The first-order valence-electron chi connectivity index (χ1n) is 9.22. The molecule has 1 aliphatic rings. The van der Waals surface area contributed by atoms with E-state index < -0.39 is 0 Å². The number of likely N-dealkylation sites (tertiary alicyclic amines) is 1. The Hall–Kier alpha value is -2.95. The Morgan fingerprint density at radius 1 is 1.07 bits per heavy atom. The lowest BCUT2D eigenvalue weighted by Gasteiger charge is -2.32. The SMILES string of the molecule is O=C(Cc1ccc(F)cc1)N1CCC(Oc2cccc3cccnc23)CC1. The highest BCUT2D eigenvalue weighted by atomic mass is 19.1. The fraction of sp³-hybridized carbons (Fsp3) is 0.273. The number of hydrogen-bond acceptors (Lipinski definition) is 3. The van der Waals surface area contributed by atoms with E-state index in [0.29, 0.717) is 19.5 Å². The van der Waals surface area contributed by atoms with Crippen molar-refractivity contribution in [3.8, 4) is 5.75 Å². The third-order valence-electron chi connectivity index (χ3n) is 4.95. The highest BCUT2D eigenvalue weighted by Gasteiger charge is 2.24. The number of benzene rings is 2. The molecule has 0 N–H and O–H groups in total. The van der Waals surface area contributed by atoms with Crippen LogP contribution in [-0.4, -0.2) is 35.0 Å². The van der Waals surface area contributed by atoms with Gasteiger partial charge in [0.05, 0.1) is 6.42 Å². The molecule has 0 unspecified atom stereocenters. The van der Waals surface area contributed by atoms with Crippen molar-refractivity contribution in [3.05, 3.63) is 72.2 Å². The number of aromatic nitrogens is 1. The van der Waals surface area contributed by atoms with Crippen molar-refractivity contribution in [3.63, 3.8) is 0 Å². The summed E-state index contributed by atoms with van der Waals surface area (Å²) in [6, 6.07) is 16.0. The quantitative estimate of drug-likeness (QED) is 0.703. The predicted molar refractivity (Wildman–Crippen MR) is 102 cm³/mol. The molecule has 1 aliphatic heterocycles. The molecule has 1 fully saturated rings. The number of nitrogens with zero attached hydrogens (tertiary/aromatic N) is 2. The minimum Gasteiger partial charge on any atom is -0.488 e. The van der Waals surface area contributed by atoms with Crippen molar-refractivity contribution in [2.75, 3.05) is 13.1 Å². The van der Waals surface area contributed by atoms with Crippen molar-refractivity contribution in [1.29, 1.82) is 0 Å². The van der Waals surface area contributed by atoms with Gasteiger partial charge in [0, 0.05) is 37.5 Å². The average Bonchev–Trinajstić information content (AvgIpc) is 2.70. The first-order valence-corrected chi connectivity index (χ1v) is 9.22. The van der Waals surface area contributed by atoms with Gasteiger partial charge in [-0.25, -0.2) is 4.39 Å². The van der Waals surface area contributed by atoms with E-state index in [-0.39, 0.29) is 17.8 Å². The van der Waals surface area contributed by atoms with Gasteiger partial charge in [0.2, 0.25) is 5.91 Å². The van der Waals surface area contributed by atoms with Crippen LogP contribution in [0.3, 0.4) is 0 Å². The monoisotopic (exact) mass is 364 g/mol. The van der Waals surface area contributed by atoms with Crippen molar-refractivity contribution < 1.29 is 13.9 Å². The van der Waals surface area contributed by atoms with E-state index in [9.17, 15) is 9.18 Å². The van der Waals surface area contributed by atoms with Crippen LogP contribution >= 0.6 is 0 Å². The highest BCUT2D eigenvalue weighted by Crippen LogP contribution is 2.26. The number of amides is 1.